The second kappa shape index (κ2) is 8.04. The maximum atomic E-state index is 12.1. The topological polar surface area (TPSA) is 63.2 Å². The highest BCUT2D eigenvalue weighted by atomic mass is 32.2. The highest BCUT2D eigenvalue weighted by Gasteiger charge is 2.12. The molecule has 0 saturated heterocycles. The van der Waals surface area contributed by atoms with Crippen LogP contribution in [0.5, 0.6) is 0 Å². The van der Waals surface area contributed by atoms with Gasteiger partial charge in [0.05, 0.1) is 4.90 Å². The van der Waals surface area contributed by atoms with Crippen LogP contribution >= 0.6 is 0 Å². The van der Waals surface area contributed by atoms with Crippen molar-refractivity contribution in [1.29, 1.82) is 0 Å². The molecule has 0 saturated carbocycles. The second-order valence-electron chi connectivity index (χ2n) is 5.33. The lowest BCUT2D eigenvalue weighted by molar-refractivity contribution is 0.0981. The van der Waals surface area contributed by atoms with Crippen LogP contribution in [0, 0.1) is 0 Å². The number of ketones is 1. The molecule has 0 bridgehead atoms. The second-order valence-corrected chi connectivity index (χ2v) is 7.10. The molecule has 0 aliphatic heterocycles. The highest BCUT2D eigenvalue weighted by Crippen LogP contribution is 2.10. The lowest BCUT2D eigenvalue weighted by Gasteiger charge is -2.07. The monoisotopic (exact) mass is 331 g/mol. The summed E-state index contributed by atoms with van der Waals surface area (Å²) < 4.78 is 26.8. The molecule has 0 fully saturated rings. The Hall–Kier alpha value is -1.98. The van der Waals surface area contributed by atoms with E-state index < -0.39 is 10.0 Å². The lowest BCUT2D eigenvalue weighted by Crippen LogP contribution is -2.25. The van der Waals surface area contributed by atoms with Crippen LogP contribution in [0.3, 0.4) is 0 Å². The molecule has 1 N–H and O–H groups in total. The molecule has 0 atom stereocenters. The number of hydrogen-bond acceptors (Lipinski definition) is 3. The van der Waals surface area contributed by atoms with E-state index in [-0.39, 0.29) is 10.7 Å². The van der Waals surface area contributed by atoms with E-state index in [9.17, 15) is 13.2 Å². The van der Waals surface area contributed by atoms with E-state index in [4.69, 9.17) is 0 Å². The first-order chi connectivity index (χ1) is 11.0. The van der Waals surface area contributed by atoms with Gasteiger partial charge >= 0.3 is 0 Å². The number of Topliss-reactive ketones (excluding diaryl/α,β-unsaturated/α-hetero) is 1. The molecule has 5 heteroatoms. The van der Waals surface area contributed by atoms with Crippen LogP contribution in [0.15, 0.2) is 59.5 Å². The van der Waals surface area contributed by atoms with Crippen molar-refractivity contribution in [1.82, 2.24) is 4.72 Å². The van der Waals surface area contributed by atoms with E-state index >= 15 is 0 Å². The van der Waals surface area contributed by atoms with Crippen LogP contribution in [0.25, 0.3) is 0 Å². The maximum absolute atomic E-state index is 12.1. The van der Waals surface area contributed by atoms with E-state index in [1.807, 2.05) is 19.1 Å². The molecule has 0 heterocycles. The summed E-state index contributed by atoms with van der Waals surface area (Å²) in [6.45, 7) is 2.30. The Balaban J connectivity index is 1.90. The van der Waals surface area contributed by atoms with Gasteiger partial charge in [-0.1, -0.05) is 49.4 Å². The maximum Gasteiger partial charge on any atom is 0.240 e. The third-order valence-corrected chi connectivity index (χ3v) is 4.99. The lowest BCUT2D eigenvalue weighted by atomic mass is 10.0. The van der Waals surface area contributed by atoms with Crippen molar-refractivity contribution in [3.05, 3.63) is 65.7 Å². The van der Waals surface area contributed by atoms with E-state index in [2.05, 4.69) is 4.72 Å². The van der Waals surface area contributed by atoms with Gasteiger partial charge in [0.25, 0.3) is 0 Å². The summed E-state index contributed by atoms with van der Waals surface area (Å²) in [6, 6.07) is 15.7. The van der Waals surface area contributed by atoms with Crippen molar-refractivity contribution < 1.29 is 13.2 Å². The van der Waals surface area contributed by atoms with E-state index in [1.54, 1.807) is 42.5 Å². The van der Waals surface area contributed by atoms with Crippen LogP contribution in [0.2, 0.25) is 0 Å². The minimum absolute atomic E-state index is 0.142. The fourth-order valence-corrected chi connectivity index (χ4v) is 3.29. The molecule has 0 aliphatic carbocycles. The van der Waals surface area contributed by atoms with Gasteiger partial charge < -0.3 is 0 Å². The smallest absolute Gasteiger partial charge is 0.240 e. The van der Waals surface area contributed by atoms with Crippen LogP contribution in [-0.4, -0.2) is 20.7 Å². The molecule has 23 heavy (non-hydrogen) atoms. The fraction of sp³-hybridized carbons (Fsp3) is 0.278. The van der Waals surface area contributed by atoms with Crippen molar-refractivity contribution in [2.24, 2.45) is 0 Å². The summed E-state index contributed by atoms with van der Waals surface area (Å²) in [5.74, 6) is 0.142. The summed E-state index contributed by atoms with van der Waals surface area (Å²) in [7, 11) is -3.46. The third-order valence-electron chi connectivity index (χ3n) is 3.51. The first-order valence-corrected chi connectivity index (χ1v) is 9.18. The zero-order valence-corrected chi connectivity index (χ0v) is 14.0. The quantitative estimate of drug-likeness (QED) is 0.756. The number of sulfonamides is 1. The van der Waals surface area contributed by atoms with Gasteiger partial charge in [0.2, 0.25) is 10.0 Å². The van der Waals surface area contributed by atoms with Gasteiger partial charge in [0, 0.05) is 18.5 Å². The molecule has 0 spiro atoms. The van der Waals surface area contributed by atoms with Gasteiger partial charge in [-0.25, -0.2) is 13.1 Å². The Bertz CT molecular complexity index is 738. The molecule has 122 valence electrons. The molecule has 0 amide bonds. The zero-order chi connectivity index (χ0) is 16.7. The van der Waals surface area contributed by atoms with E-state index in [1.165, 1.54) is 0 Å². The minimum Gasteiger partial charge on any atom is -0.294 e. The molecule has 4 nitrogen and oxygen atoms in total. The van der Waals surface area contributed by atoms with Gasteiger partial charge in [0.15, 0.2) is 5.78 Å². The van der Waals surface area contributed by atoms with Crippen LogP contribution in [0.4, 0.5) is 0 Å². The molecule has 2 aromatic carbocycles. The predicted octanol–water partition coefficient (Wildman–Crippen LogP) is 3.19. The van der Waals surface area contributed by atoms with Crippen molar-refractivity contribution in [2.75, 3.05) is 6.54 Å². The molecule has 2 rings (SSSR count). The van der Waals surface area contributed by atoms with Gasteiger partial charge in [-0.3, -0.25) is 4.79 Å². The van der Waals surface area contributed by atoms with Crippen LogP contribution in [-0.2, 0) is 16.4 Å². The summed E-state index contributed by atoms with van der Waals surface area (Å²) in [6.07, 6.45) is 1.96. The van der Waals surface area contributed by atoms with Gasteiger partial charge in [0.1, 0.15) is 0 Å². The Morgan fingerprint density at radius 1 is 1.00 bits per heavy atom. The molecular formula is C18H21NO3S. The Morgan fingerprint density at radius 2 is 1.65 bits per heavy atom. The fourth-order valence-electron chi connectivity index (χ4n) is 2.24. The number of nitrogens with one attached hydrogen (secondary N) is 1. The van der Waals surface area contributed by atoms with Gasteiger partial charge in [-0.2, -0.15) is 0 Å². The number of carbonyl (C=O) groups excluding carboxylic acids is 1. The summed E-state index contributed by atoms with van der Waals surface area (Å²) >= 11 is 0. The molecular weight excluding hydrogens is 310 g/mol. The van der Waals surface area contributed by atoms with E-state index in [0.29, 0.717) is 24.9 Å². The average molecular weight is 331 g/mol. The average Bonchev–Trinajstić information content (AvgIpc) is 2.56. The van der Waals surface area contributed by atoms with Gasteiger partial charge in [-0.05, 0) is 30.5 Å². The number of hydrogen-bond donors (Lipinski definition) is 1. The zero-order valence-electron chi connectivity index (χ0n) is 13.2. The van der Waals surface area contributed by atoms with E-state index in [0.717, 1.165) is 12.0 Å². The first kappa shape index (κ1) is 17.4. The number of benzene rings is 2. The van der Waals surface area contributed by atoms with Crippen LogP contribution in [0.1, 0.15) is 35.7 Å². The van der Waals surface area contributed by atoms with Crippen LogP contribution < -0.4 is 4.72 Å². The standard InChI is InChI=1S/C18H21NO3S/c1-2-6-18(20)16-11-9-15(10-12-16)13-14-19-23(21,22)17-7-4-3-5-8-17/h3-5,7-12,19H,2,6,13-14H2,1H3. The third kappa shape index (κ3) is 5.01. The molecule has 0 radical (unpaired) electrons. The molecule has 0 aliphatic rings. The first-order valence-electron chi connectivity index (χ1n) is 7.70. The largest absolute Gasteiger partial charge is 0.294 e. The summed E-state index contributed by atoms with van der Waals surface area (Å²) in [5.41, 5.74) is 1.70. The number of carbonyl (C=O) groups is 1. The van der Waals surface area contributed by atoms with Gasteiger partial charge in [-0.15, -0.1) is 0 Å². The van der Waals surface area contributed by atoms with Crippen molar-refractivity contribution >= 4 is 15.8 Å². The molecule has 0 unspecified atom stereocenters. The normalized spacial score (nSPS) is 11.3. The summed E-state index contributed by atoms with van der Waals surface area (Å²) in [5, 5.41) is 0. The Labute approximate surface area is 137 Å². The van der Waals surface area contributed by atoms with Crippen molar-refractivity contribution in [3.63, 3.8) is 0 Å². The molecule has 2 aromatic rings. The highest BCUT2D eigenvalue weighted by molar-refractivity contribution is 7.89. The number of rotatable bonds is 8. The predicted molar refractivity (Wildman–Crippen MR) is 91.0 cm³/mol. The van der Waals surface area contributed by atoms with Crippen molar-refractivity contribution in [3.8, 4) is 0 Å². The molecule has 0 aromatic heterocycles. The van der Waals surface area contributed by atoms with Crippen molar-refractivity contribution in [2.45, 2.75) is 31.1 Å². The minimum atomic E-state index is -3.46. The summed E-state index contributed by atoms with van der Waals surface area (Å²) in [4.78, 5) is 12.0. The SMILES string of the molecule is CCCC(=O)c1ccc(CCNS(=O)(=O)c2ccccc2)cc1. The Morgan fingerprint density at radius 3 is 2.26 bits per heavy atom. The Kier molecular flexibility index (Phi) is 6.07.